The topological polar surface area (TPSA) is 20.3 Å². The molecule has 0 saturated carbocycles. The largest absolute Gasteiger partial charge is 0.293 e. The third-order valence-electron chi connectivity index (χ3n) is 2.88. The molecule has 0 unspecified atom stereocenters. The minimum atomic E-state index is 0.0204. The number of nitrogens with zero attached hydrogens (tertiary/aromatic N) is 1. The van der Waals surface area contributed by atoms with Crippen molar-refractivity contribution < 1.29 is 4.79 Å². The molecule has 1 aliphatic rings. The van der Waals surface area contributed by atoms with Crippen molar-refractivity contribution in [2.45, 2.75) is 20.3 Å². The van der Waals surface area contributed by atoms with Gasteiger partial charge in [0.2, 0.25) is 0 Å². The molecule has 1 heterocycles. The second kappa shape index (κ2) is 5.67. The molecular formula is C14H15NOS2. The van der Waals surface area contributed by atoms with Crippen LogP contribution in [0, 0.1) is 0 Å². The average molecular weight is 277 g/mol. The molecule has 0 aliphatic carbocycles. The number of benzene rings is 1. The molecule has 1 aromatic rings. The Morgan fingerprint density at radius 3 is 2.44 bits per heavy atom. The summed E-state index contributed by atoms with van der Waals surface area (Å²) < 4.78 is 0.652. The Morgan fingerprint density at radius 2 is 1.94 bits per heavy atom. The normalized spacial score (nSPS) is 17.9. The van der Waals surface area contributed by atoms with Crippen molar-refractivity contribution >= 4 is 40.3 Å². The molecule has 1 aromatic carbocycles. The number of amides is 1. The Morgan fingerprint density at radius 1 is 1.28 bits per heavy atom. The third kappa shape index (κ3) is 2.65. The van der Waals surface area contributed by atoms with Crippen LogP contribution in [0.3, 0.4) is 0 Å². The zero-order valence-electron chi connectivity index (χ0n) is 10.5. The van der Waals surface area contributed by atoms with Crippen LogP contribution >= 0.6 is 24.0 Å². The summed E-state index contributed by atoms with van der Waals surface area (Å²) in [7, 11) is 0. The second-order valence-electron chi connectivity index (χ2n) is 4.02. The molecule has 2 rings (SSSR count). The maximum atomic E-state index is 12.0. The van der Waals surface area contributed by atoms with E-state index in [1.54, 1.807) is 4.90 Å². The Bertz CT molecular complexity index is 505. The van der Waals surface area contributed by atoms with Crippen LogP contribution in [0.1, 0.15) is 25.0 Å². The van der Waals surface area contributed by atoms with Gasteiger partial charge in [-0.05, 0) is 30.5 Å². The maximum absolute atomic E-state index is 12.0. The number of hydrogen-bond acceptors (Lipinski definition) is 3. The van der Waals surface area contributed by atoms with E-state index in [0.29, 0.717) is 15.8 Å². The first kappa shape index (κ1) is 13.3. The van der Waals surface area contributed by atoms with Crippen molar-refractivity contribution in [1.82, 2.24) is 4.90 Å². The highest BCUT2D eigenvalue weighted by Gasteiger charge is 2.30. The lowest BCUT2D eigenvalue weighted by Crippen LogP contribution is -2.27. The quantitative estimate of drug-likeness (QED) is 0.623. The molecule has 1 saturated heterocycles. The highest BCUT2D eigenvalue weighted by Crippen LogP contribution is 2.32. The van der Waals surface area contributed by atoms with Crippen LogP contribution < -0.4 is 0 Å². The van der Waals surface area contributed by atoms with E-state index in [2.05, 4.69) is 19.1 Å². The number of carbonyl (C=O) groups excluding carboxylic acids is 1. The summed E-state index contributed by atoms with van der Waals surface area (Å²) in [6, 6.07) is 8.26. The zero-order valence-corrected chi connectivity index (χ0v) is 12.1. The second-order valence-corrected chi connectivity index (χ2v) is 5.70. The maximum Gasteiger partial charge on any atom is 0.266 e. The predicted molar refractivity (Wildman–Crippen MR) is 81.4 cm³/mol. The van der Waals surface area contributed by atoms with Crippen molar-refractivity contribution in [1.29, 1.82) is 0 Å². The van der Waals surface area contributed by atoms with E-state index in [9.17, 15) is 4.79 Å². The van der Waals surface area contributed by atoms with Gasteiger partial charge in [0, 0.05) is 6.54 Å². The summed E-state index contributed by atoms with van der Waals surface area (Å²) in [5, 5.41) is 0. The smallest absolute Gasteiger partial charge is 0.266 e. The highest BCUT2D eigenvalue weighted by molar-refractivity contribution is 8.26. The van der Waals surface area contributed by atoms with Crippen LogP contribution in [0.2, 0.25) is 0 Å². The van der Waals surface area contributed by atoms with Gasteiger partial charge in [0.25, 0.3) is 5.91 Å². The fourth-order valence-corrected chi connectivity index (χ4v) is 3.16. The third-order valence-corrected chi connectivity index (χ3v) is 4.25. The first-order chi connectivity index (χ1) is 8.65. The monoisotopic (exact) mass is 277 g/mol. The summed E-state index contributed by atoms with van der Waals surface area (Å²) in [6.45, 7) is 4.70. The van der Waals surface area contributed by atoms with Gasteiger partial charge in [-0.25, -0.2) is 0 Å². The van der Waals surface area contributed by atoms with Crippen LogP contribution in [0.15, 0.2) is 29.2 Å². The minimum Gasteiger partial charge on any atom is -0.293 e. The highest BCUT2D eigenvalue weighted by atomic mass is 32.2. The molecule has 1 aliphatic heterocycles. The van der Waals surface area contributed by atoms with Crippen molar-refractivity contribution in [3.05, 3.63) is 40.3 Å². The summed E-state index contributed by atoms with van der Waals surface area (Å²) in [6.07, 6.45) is 2.94. The molecule has 0 radical (unpaired) electrons. The molecule has 1 fully saturated rings. The molecule has 0 spiro atoms. The lowest BCUT2D eigenvalue weighted by Gasteiger charge is -2.09. The number of likely N-dealkylation sites (N-methyl/N-ethyl adjacent to an activating group) is 1. The fourth-order valence-electron chi connectivity index (χ4n) is 1.77. The van der Waals surface area contributed by atoms with Gasteiger partial charge in [0.1, 0.15) is 4.32 Å². The van der Waals surface area contributed by atoms with Crippen molar-refractivity contribution in [2.75, 3.05) is 6.54 Å². The lowest BCUT2D eigenvalue weighted by atomic mass is 10.1. The Balaban J connectivity index is 2.23. The molecule has 2 nitrogen and oxygen atoms in total. The number of hydrogen-bond donors (Lipinski definition) is 0. The fraction of sp³-hybridized carbons (Fsp3) is 0.286. The van der Waals surface area contributed by atoms with Crippen LogP contribution in [0.4, 0.5) is 0 Å². The van der Waals surface area contributed by atoms with E-state index in [1.807, 2.05) is 25.1 Å². The lowest BCUT2D eigenvalue weighted by molar-refractivity contribution is -0.121. The summed E-state index contributed by atoms with van der Waals surface area (Å²) in [5.41, 5.74) is 2.34. The van der Waals surface area contributed by atoms with Gasteiger partial charge in [0.05, 0.1) is 4.91 Å². The molecule has 94 valence electrons. The van der Waals surface area contributed by atoms with Crippen LogP contribution in [0.5, 0.6) is 0 Å². The summed E-state index contributed by atoms with van der Waals surface area (Å²) >= 11 is 6.56. The molecule has 18 heavy (non-hydrogen) atoms. The van der Waals surface area contributed by atoms with Crippen LogP contribution in [-0.2, 0) is 11.2 Å². The van der Waals surface area contributed by atoms with E-state index < -0.39 is 0 Å². The van der Waals surface area contributed by atoms with E-state index in [0.717, 1.165) is 12.0 Å². The molecule has 0 bridgehead atoms. The molecule has 0 atom stereocenters. The van der Waals surface area contributed by atoms with Gasteiger partial charge < -0.3 is 0 Å². The van der Waals surface area contributed by atoms with Gasteiger partial charge in [-0.2, -0.15) is 0 Å². The van der Waals surface area contributed by atoms with E-state index >= 15 is 0 Å². The molecular weight excluding hydrogens is 262 g/mol. The van der Waals surface area contributed by atoms with E-state index in [4.69, 9.17) is 12.2 Å². The van der Waals surface area contributed by atoms with Gasteiger partial charge >= 0.3 is 0 Å². The first-order valence-electron chi connectivity index (χ1n) is 6.00. The van der Waals surface area contributed by atoms with Crippen LogP contribution in [0.25, 0.3) is 6.08 Å². The Hall–Kier alpha value is -1.13. The van der Waals surface area contributed by atoms with Gasteiger partial charge in [0.15, 0.2) is 0 Å². The first-order valence-corrected chi connectivity index (χ1v) is 7.22. The number of aryl methyl sites for hydroxylation is 1. The van der Waals surface area contributed by atoms with Crippen molar-refractivity contribution in [3.8, 4) is 0 Å². The van der Waals surface area contributed by atoms with E-state index in [-0.39, 0.29) is 5.91 Å². The van der Waals surface area contributed by atoms with Crippen molar-refractivity contribution in [2.24, 2.45) is 0 Å². The standard InChI is InChI=1S/C14H15NOS2/c1-3-10-5-7-11(8-6-10)9-12-13(16)15(4-2)14(17)18-12/h5-9H,3-4H2,1-2H3. The Labute approximate surface area is 117 Å². The van der Waals surface area contributed by atoms with Gasteiger partial charge in [-0.3, -0.25) is 9.69 Å². The van der Waals surface area contributed by atoms with Gasteiger partial charge in [-0.1, -0.05) is 55.2 Å². The van der Waals surface area contributed by atoms with E-state index in [1.165, 1.54) is 17.3 Å². The van der Waals surface area contributed by atoms with Gasteiger partial charge in [-0.15, -0.1) is 0 Å². The van der Waals surface area contributed by atoms with Crippen LogP contribution in [-0.4, -0.2) is 21.7 Å². The predicted octanol–water partition coefficient (Wildman–Crippen LogP) is 3.47. The minimum absolute atomic E-state index is 0.0204. The number of rotatable bonds is 3. The Kier molecular flexibility index (Phi) is 4.19. The van der Waals surface area contributed by atoms with Crippen molar-refractivity contribution in [3.63, 3.8) is 0 Å². The molecule has 4 heteroatoms. The molecule has 0 N–H and O–H groups in total. The number of thiocarbonyl (C=S) groups is 1. The zero-order chi connectivity index (χ0) is 13.1. The summed E-state index contributed by atoms with van der Waals surface area (Å²) in [5.74, 6) is 0.0204. The molecule has 1 amide bonds. The number of thioether (sulfide) groups is 1. The number of carbonyl (C=O) groups is 1. The molecule has 0 aromatic heterocycles. The average Bonchev–Trinajstić information content (AvgIpc) is 2.65. The SMILES string of the molecule is CCc1ccc(C=C2SC(=S)N(CC)C2=O)cc1. The summed E-state index contributed by atoms with van der Waals surface area (Å²) in [4.78, 5) is 14.4.